The van der Waals surface area contributed by atoms with E-state index in [4.69, 9.17) is 0 Å². The van der Waals surface area contributed by atoms with Gasteiger partial charge in [-0.15, -0.1) is 0 Å². The van der Waals surface area contributed by atoms with Crippen LogP contribution in [-0.4, -0.2) is 11.1 Å². The van der Waals surface area contributed by atoms with Crippen molar-refractivity contribution in [2.75, 3.05) is 4.90 Å². The van der Waals surface area contributed by atoms with Crippen molar-refractivity contribution in [1.82, 2.24) is 0 Å². The minimum atomic E-state index is -0.232. The average Bonchev–Trinajstić information content (AvgIpc) is 2.62. The molecule has 0 aliphatic carbocycles. The van der Waals surface area contributed by atoms with Crippen molar-refractivity contribution in [3.8, 4) is 5.75 Å². The molecule has 1 heterocycles. The van der Waals surface area contributed by atoms with Crippen LogP contribution in [0.15, 0.2) is 71.2 Å². The molecule has 0 amide bonds. The molecule has 4 heteroatoms. The molecule has 3 aromatic carbocycles. The molecule has 3 aromatic rings. The van der Waals surface area contributed by atoms with Crippen molar-refractivity contribution < 1.29 is 9.50 Å². The van der Waals surface area contributed by atoms with Gasteiger partial charge in [-0.05, 0) is 78.6 Å². The molecular weight excluding hydrogens is 393 g/mol. The van der Waals surface area contributed by atoms with Crippen molar-refractivity contribution in [3.63, 3.8) is 0 Å². The van der Waals surface area contributed by atoms with Crippen LogP contribution in [0.1, 0.15) is 29.7 Å². The predicted octanol–water partition coefficient (Wildman–Crippen LogP) is 5.83. The Morgan fingerprint density at radius 1 is 1.00 bits per heavy atom. The zero-order valence-electron chi connectivity index (χ0n) is 14.4. The Morgan fingerprint density at radius 2 is 1.69 bits per heavy atom. The third-order valence-electron chi connectivity index (χ3n) is 5.00. The molecule has 2 nitrogen and oxygen atoms in total. The van der Waals surface area contributed by atoms with Crippen molar-refractivity contribution in [2.24, 2.45) is 0 Å². The molecule has 0 spiro atoms. The first-order valence-corrected chi connectivity index (χ1v) is 9.43. The first kappa shape index (κ1) is 17.1. The summed E-state index contributed by atoms with van der Waals surface area (Å²) < 4.78 is 14.5. The highest BCUT2D eigenvalue weighted by Crippen LogP contribution is 2.42. The molecule has 0 unspecified atom stereocenters. The summed E-state index contributed by atoms with van der Waals surface area (Å²) in [6.45, 7) is 2.17. The fourth-order valence-electron chi connectivity index (χ4n) is 3.86. The number of hydrogen-bond donors (Lipinski definition) is 1. The number of phenolic OH excluding ortho intramolecular Hbond substituents is 1. The number of benzene rings is 3. The van der Waals surface area contributed by atoms with Crippen LogP contribution < -0.4 is 4.90 Å². The SMILES string of the molecule is C[C@@H]1Cc2cc(O)ccc2[C@@H](c2ccc(Br)cc2)N1c1ccc(F)cc1. The van der Waals surface area contributed by atoms with Crippen LogP contribution in [0.5, 0.6) is 5.75 Å². The summed E-state index contributed by atoms with van der Waals surface area (Å²) >= 11 is 3.50. The van der Waals surface area contributed by atoms with Crippen LogP contribution in [0.2, 0.25) is 0 Å². The maximum absolute atomic E-state index is 13.4. The predicted molar refractivity (Wildman–Crippen MR) is 106 cm³/mol. The Bertz CT molecular complexity index is 924. The van der Waals surface area contributed by atoms with Gasteiger partial charge in [0.05, 0.1) is 6.04 Å². The molecule has 0 aromatic heterocycles. The van der Waals surface area contributed by atoms with Crippen molar-refractivity contribution in [3.05, 3.63) is 93.7 Å². The molecule has 1 aliphatic heterocycles. The standard InChI is InChI=1S/C22H19BrFNO/c1-14-12-16-13-20(26)10-11-21(16)22(15-2-4-17(23)5-3-15)25(14)19-8-6-18(24)7-9-19/h2-11,13-14,22,26H,12H2,1H3/t14-,22-/m1/s1. The molecular formula is C22H19BrFNO. The first-order valence-electron chi connectivity index (χ1n) is 8.64. The number of halogens is 2. The molecule has 132 valence electrons. The number of aromatic hydroxyl groups is 1. The van der Waals surface area contributed by atoms with E-state index >= 15 is 0 Å². The van der Waals surface area contributed by atoms with Crippen molar-refractivity contribution in [1.29, 1.82) is 0 Å². The fraction of sp³-hybridized carbons (Fsp3) is 0.182. The molecule has 2 atom stereocenters. The van der Waals surface area contributed by atoms with Gasteiger partial charge >= 0.3 is 0 Å². The molecule has 26 heavy (non-hydrogen) atoms. The van der Waals surface area contributed by atoms with Crippen LogP contribution in [0.3, 0.4) is 0 Å². The molecule has 1 N–H and O–H groups in total. The van der Waals surface area contributed by atoms with E-state index < -0.39 is 0 Å². The summed E-state index contributed by atoms with van der Waals surface area (Å²) in [6.07, 6.45) is 0.828. The Kier molecular flexibility index (Phi) is 4.45. The lowest BCUT2D eigenvalue weighted by molar-refractivity contribution is 0.470. The number of nitrogens with zero attached hydrogens (tertiary/aromatic N) is 1. The Balaban J connectivity index is 1.89. The van der Waals surface area contributed by atoms with E-state index in [1.807, 2.05) is 36.4 Å². The lowest BCUT2D eigenvalue weighted by Crippen LogP contribution is -2.42. The Morgan fingerprint density at radius 3 is 2.38 bits per heavy atom. The Hall–Kier alpha value is -2.33. The summed E-state index contributed by atoms with van der Waals surface area (Å²) in [5.41, 5.74) is 4.48. The van der Waals surface area contributed by atoms with E-state index in [1.165, 1.54) is 17.7 Å². The Labute approximate surface area is 161 Å². The summed E-state index contributed by atoms with van der Waals surface area (Å²) in [4.78, 5) is 2.34. The molecule has 4 rings (SSSR count). The number of hydrogen-bond acceptors (Lipinski definition) is 2. The highest BCUT2D eigenvalue weighted by Gasteiger charge is 2.33. The maximum atomic E-state index is 13.4. The van der Waals surface area contributed by atoms with Crippen LogP contribution in [-0.2, 0) is 6.42 Å². The number of anilines is 1. The zero-order valence-corrected chi connectivity index (χ0v) is 15.9. The summed E-state index contributed by atoms with van der Waals surface area (Å²) in [6, 6.07) is 20.8. The van der Waals surface area contributed by atoms with Gasteiger partial charge < -0.3 is 10.0 Å². The molecule has 0 saturated carbocycles. The second-order valence-electron chi connectivity index (χ2n) is 6.77. The van der Waals surface area contributed by atoms with Gasteiger partial charge in [-0.2, -0.15) is 0 Å². The van der Waals surface area contributed by atoms with E-state index in [0.29, 0.717) is 5.75 Å². The van der Waals surface area contributed by atoms with Gasteiger partial charge in [0.1, 0.15) is 11.6 Å². The number of fused-ring (bicyclic) bond motifs is 1. The van der Waals surface area contributed by atoms with Gasteiger partial charge in [0.15, 0.2) is 0 Å². The second-order valence-corrected chi connectivity index (χ2v) is 7.69. The summed E-state index contributed by atoms with van der Waals surface area (Å²) in [5, 5.41) is 9.92. The smallest absolute Gasteiger partial charge is 0.123 e. The molecule has 1 aliphatic rings. The van der Waals surface area contributed by atoms with E-state index in [2.05, 4.69) is 39.9 Å². The normalized spacial score (nSPS) is 19.3. The fourth-order valence-corrected chi connectivity index (χ4v) is 4.12. The highest BCUT2D eigenvalue weighted by molar-refractivity contribution is 9.10. The van der Waals surface area contributed by atoms with Gasteiger partial charge in [-0.25, -0.2) is 4.39 Å². The van der Waals surface area contributed by atoms with Gasteiger partial charge in [-0.1, -0.05) is 34.1 Å². The van der Waals surface area contributed by atoms with E-state index in [9.17, 15) is 9.50 Å². The van der Waals surface area contributed by atoms with E-state index in [-0.39, 0.29) is 17.9 Å². The largest absolute Gasteiger partial charge is 0.508 e. The van der Waals surface area contributed by atoms with Gasteiger partial charge in [0, 0.05) is 16.2 Å². The zero-order chi connectivity index (χ0) is 18.3. The van der Waals surface area contributed by atoms with Crippen LogP contribution >= 0.6 is 15.9 Å². The van der Waals surface area contributed by atoms with Crippen LogP contribution in [0.4, 0.5) is 10.1 Å². The molecule has 0 radical (unpaired) electrons. The van der Waals surface area contributed by atoms with E-state index in [0.717, 1.165) is 27.7 Å². The minimum Gasteiger partial charge on any atom is -0.508 e. The monoisotopic (exact) mass is 411 g/mol. The minimum absolute atomic E-state index is 0.00733. The van der Waals surface area contributed by atoms with Crippen molar-refractivity contribution >= 4 is 21.6 Å². The van der Waals surface area contributed by atoms with Crippen LogP contribution in [0, 0.1) is 5.82 Å². The first-order chi connectivity index (χ1) is 12.5. The van der Waals surface area contributed by atoms with E-state index in [1.54, 1.807) is 6.07 Å². The summed E-state index contributed by atoms with van der Waals surface area (Å²) in [7, 11) is 0. The molecule has 0 bridgehead atoms. The van der Waals surface area contributed by atoms with Crippen LogP contribution in [0.25, 0.3) is 0 Å². The average molecular weight is 412 g/mol. The van der Waals surface area contributed by atoms with Crippen molar-refractivity contribution in [2.45, 2.75) is 25.4 Å². The van der Waals surface area contributed by atoms with Gasteiger partial charge in [0.2, 0.25) is 0 Å². The molecule has 0 fully saturated rings. The maximum Gasteiger partial charge on any atom is 0.123 e. The van der Waals surface area contributed by atoms with Gasteiger partial charge in [-0.3, -0.25) is 0 Å². The van der Waals surface area contributed by atoms with Gasteiger partial charge in [0.25, 0.3) is 0 Å². The summed E-state index contributed by atoms with van der Waals surface area (Å²) in [5.74, 6) is 0.0599. The second kappa shape index (κ2) is 6.76. The molecule has 0 saturated heterocycles. The highest BCUT2D eigenvalue weighted by atomic mass is 79.9. The lowest BCUT2D eigenvalue weighted by Gasteiger charge is -2.44. The number of rotatable bonds is 2. The third kappa shape index (κ3) is 3.10. The lowest BCUT2D eigenvalue weighted by atomic mass is 9.84. The number of phenols is 1. The quantitative estimate of drug-likeness (QED) is 0.572. The third-order valence-corrected chi connectivity index (χ3v) is 5.53. The topological polar surface area (TPSA) is 23.5 Å².